The number of alkyl halides is 1. The highest BCUT2D eigenvalue weighted by Crippen LogP contribution is 2.35. The summed E-state index contributed by atoms with van der Waals surface area (Å²) < 4.78 is 41.5. The van der Waals surface area contributed by atoms with Crippen molar-refractivity contribution in [1.82, 2.24) is 0 Å². The van der Waals surface area contributed by atoms with Crippen molar-refractivity contribution >= 4 is 11.6 Å². The second-order valence-electron chi connectivity index (χ2n) is 4.92. The molecule has 0 amide bonds. The first kappa shape index (κ1) is 14.9. The molecule has 106 valence electrons. The van der Waals surface area contributed by atoms with Gasteiger partial charge in [0.25, 0.3) is 0 Å². The van der Waals surface area contributed by atoms with Crippen molar-refractivity contribution in [2.45, 2.75) is 26.1 Å². The predicted molar refractivity (Wildman–Crippen MR) is 74.7 cm³/mol. The molecule has 0 saturated heterocycles. The zero-order chi connectivity index (χ0) is 15.0. The van der Waals surface area contributed by atoms with Crippen LogP contribution in [0.3, 0.4) is 0 Å². The molecular weight excluding hydrogens is 285 g/mol. The Morgan fingerprint density at radius 3 is 1.95 bits per heavy atom. The molecule has 2 aromatic carbocycles. The lowest BCUT2D eigenvalue weighted by Crippen LogP contribution is -2.04. The van der Waals surface area contributed by atoms with Crippen LogP contribution in [0.15, 0.2) is 24.3 Å². The van der Waals surface area contributed by atoms with Crippen molar-refractivity contribution in [1.29, 1.82) is 0 Å². The average Bonchev–Trinajstić information content (AvgIpc) is 2.40. The van der Waals surface area contributed by atoms with E-state index in [0.717, 1.165) is 0 Å². The van der Waals surface area contributed by atoms with Gasteiger partial charge in [-0.3, -0.25) is 0 Å². The van der Waals surface area contributed by atoms with Gasteiger partial charge in [-0.1, -0.05) is 18.2 Å². The summed E-state index contributed by atoms with van der Waals surface area (Å²) in [6.45, 7) is 4.74. The molecule has 2 rings (SSSR count). The maximum atomic E-state index is 14.1. The zero-order valence-electron chi connectivity index (χ0n) is 11.4. The van der Waals surface area contributed by atoms with Crippen LogP contribution < -0.4 is 0 Å². The highest BCUT2D eigenvalue weighted by atomic mass is 35.5. The minimum absolute atomic E-state index is 0.197. The van der Waals surface area contributed by atoms with Gasteiger partial charge in [0.1, 0.15) is 17.5 Å². The Bertz CT molecular complexity index is 642. The van der Waals surface area contributed by atoms with Crippen molar-refractivity contribution in [3.8, 4) is 0 Å². The van der Waals surface area contributed by atoms with Gasteiger partial charge in [0, 0.05) is 5.56 Å². The van der Waals surface area contributed by atoms with Gasteiger partial charge >= 0.3 is 0 Å². The van der Waals surface area contributed by atoms with Crippen LogP contribution in [0.25, 0.3) is 0 Å². The Labute approximate surface area is 121 Å². The lowest BCUT2D eigenvalue weighted by Gasteiger charge is -2.15. The summed E-state index contributed by atoms with van der Waals surface area (Å²) in [6.07, 6.45) is 0. The summed E-state index contributed by atoms with van der Waals surface area (Å²) >= 11 is 6.21. The van der Waals surface area contributed by atoms with E-state index in [4.69, 9.17) is 11.6 Å². The quantitative estimate of drug-likeness (QED) is 0.655. The molecule has 0 aromatic heterocycles. The molecule has 0 bridgehead atoms. The molecule has 4 heteroatoms. The van der Waals surface area contributed by atoms with Crippen LogP contribution in [0, 0.1) is 38.2 Å². The van der Waals surface area contributed by atoms with E-state index in [2.05, 4.69) is 0 Å². The molecule has 20 heavy (non-hydrogen) atoms. The van der Waals surface area contributed by atoms with E-state index in [0.29, 0.717) is 22.3 Å². The third kappa shape index (κ3) is 2.55. The highest BCUT2D eigenvalue weighted by molar-refractivity contribution is 6.22. The van der Waals surface area contributed by atoms with E-state index < -0.39 is 17.0 Å². The largest absolute Gasteiger partial charge is 0.207 e. The smallest absolute Gasteiger partial charge is 0.134 e. The molecule has 0 heterocycles. The monoisotopic (exact) mass is 298 g/mol. The molecule has 0 N–H and O–H groups in total. The van der Waals surface area contributed by atoms with E-state index in [1.54, 1.807) is 20.8 Å². The van der Waals surface area contributed by atoms with Crippen molar-refractivity contribution in [2.75, 3.05) is 0 Å². The SMILES string of the molecule is Cc1cc(C(Cl)c2c(F)ccc(C)c2F)cc(C)c1F. The third-order valence-corrected chi connectivity index (χ3v) is 3.79. The van der Waals surface area contributed by atoms with Crippen LogP contribution in [0.2, 0.25) is 0 Å². The van der Waals surface area contributed by atoms with Crippen LogP contribution in [-0.4, -0.2) is 0 Å². The Kier molecular flexibility index (Phi) is 4.09. The van der Waals surface area contributed by atoms with Gasteiger partial charge in [0.05, 0.1) is 5.38 Å². The van der Waals surface area contributed by atoms with Crippen molar-refractivity contribution in [3.63, 3.8) is 0 Å². The molecule has 0 nitrogen and oxygen atoms in total. The number of aryl methyl sites for hydroxylation is 3. The predicted octanol–water partition coefficient (Wildman–Crippen LogP) is 5.36. The van der Waals surface area contributed by atoms with Crippen molar-refractivity contribution in [3.05, 3.63) is 69.5 Å². The molecule has 0 aliphatic rings. The third-order valence-electron chi connectivity index (χ3n) is 3.32. The number of rotatable bonds is 2. The fourth-order valence-corrected chi connectivity index (χ4v) is 2.53. The summed E-state index contributed by atoms with van der Waals surface area (Å²) in [6, 6.07) is 5.58. The van der Waals surface area contributed by atoms with Gasteiger partial charge in [-0.15, -0.1) is 11.6 Å². The normalized spacial score (nSPS) is 12.6. The maximum Gasteiger partial charge on any atom is 0.134 e. The van der Waals surface area contributed by atoms with Gasteiger partial charge in [-0.25, -0.2) is 13.2 Å². The molecule has 0 fully saturated rings. The van der Waals surface area contributed by atoms with Crippen LogP contribution >= 0.6 is 11.6 Å². The van der Waals surface area contributed by atoms with E-state index in [1.807, 2.05) is 0 Å². The Morgan fingerprint density at radius 2 is 1.40 bits per heavy atom. The summed E-state index contributed by atoms with van der Waals surface area (Å²) in [5.41, 5.74) is 1.41. The van der Waals surface area contributed by atoms with E-state index in [9.17, 15) is 13.2 Å². The first-order valence-electron chi connectivity index (χ1n) is 6.18. The lowest BCUT2D eigenvalue weighted by molar-refractivity contribution is 0.553. The molecule has 0 aliphatic carbocycles. The van der Waals surface area contributed by atoms with E-state index >= 15 is 0 Å². The van der Waals surface area contributed by atoms with Gasteiger partial charge in [0.2, 0.25) is 0 Å². The summed E-state index contributed by atoms with van der Waals surface area (Å²) in [7, 11) is 0. The molecule has 1 atom stereocenters. The second-order valence-corrected chi connectivity index (χ2v) is 5.36. The standard InChI is InChI=1S/C16H14ClF3/c1-8-4-5-12(18)13(16(8)20)14(17)11-6-9(2)15(19)10(3)7-11/h4-7,14H,1-3H3. The minimum atomic E-state index is -0.993. The van der Waals surface area contributed by atoms with Gasteiger partial charge in [0.15, 0.2) is 0 Å². The van der Waals surface area contributed by atoms with Crippen molar-refractivity contribution < 1.29 is 13.2 Å². The molecular formula is C16H14ClF3. The zero-order valence-corrected chi connectivity index (χ0v) is 12.2. The Morgan fingerprint density at radius 1 is 0.850 bits per heavy atom. The summed E-state index contributed by atoms with van der Waals surface area (Å²) in [5.74, 6) is -1.69. The lowest BCUT2D eigenvalue weighted by atomic mass is 9.98. The second kappa shape index (κ2) is 5.49. The number of hydrogen-bond acceptors (Lipinski definition) is 0. The molecule has 2 aromatic rings. The van der Waals surface area contributed by atoms with Crippen molar-refractivity contribution in [2.24, 2.45) is 0 Å². The van der Waals surface area contributed by atoms with Gasteiger partial charge in [-0.2, -0.15) is 0 Å². The maximum absolute atomic E-state index is 14.1. The minimum Gasteiger partial charge on any atom is -0.207 e. The van der Waals surface area contributed by atoms with Gasteiger partial charge in [-0.05, 0) is 49.1 Å². The fraction of sp³-hybridized carbons (Fsp3) is 0.250. The topological polar surface area (TPSA) is 0 Å². The number of halogens is 4. The fourth-order valence-electron chi connectivity index (χ4n) is 2.20. The van der Waals surface area contributed by atoms with Crippen LogP contribution in [-0.2, 0) is 0 Å². The molecule has 1 unspecified atom stereocenters. The highest BCUT2D eigenvalue weighted by Gasteiger charge is 2.22. The summed E-state index contributed by atoms with van der Waals surface area (Å²) in [5, 5.41) is -0.993. The first-order valence-corrected chi connectivity index (χ1v) is 6.61. The van der Waals surface area contributed by atoms with Crippen LogP contribution in [0.5, 0.6) is 0 Å². The molecule has 0 radical (unpaired) electrons. The van der Waals surface area contributed by atoms with E-state index in [-0.39, 0.29) is 11.4 Å². The molecule has 0 saturated carbocycles. The Hall–Kier alpha value is -1.48. The Balaban J connectivity index is 2.57. The molecule has 0 spiro atoms. The van der Waals surface area contributed by atoms with Crippen LogP contribution in [0.1, 0.15) is 33.2 Å². The first-order chi connectivity index (χ1) is 9.32. The average molecular weight is 299 g/mol. The number of benzene rings is 2. The van der Waals surface area contributed by atoms with Gasteiger partial charge < -0.3 is 0 Å². The number of hydrogen-bond donors (Lipinski definition) is 0. The summed E-state index contributed by atoms with van der Waals surface area (Å²) in [4.78, 5) is 0. The van der Waals surface area contributed by atoms with Crippen LogP contribution in [0.4, 0.5) is 13.2 Å². The molecule has 0 aliphatic heterocycles. The van der Waals surface area contributed by atoms with E-state index in [1.165, 1.54) is 24.3 Å².